The fourth-order valence-corrected chi connectivity index (χ4v) is 5.39. The van der Waals surface area contributed by atoms with E-state index in [9.17, 15) is 14.7 Å². The monoisotopic (exact) mass is 581 g/mol. The quantitative estimate of drug-likeness (QED) is 0.0812. The van der Waals surface area contributed by atoms with Crippen molar-refractivity contribution in [1.29, 1.82) is 0 Å². The van der Waals surface area contributed by atoms with Crippen LogP contribution in [0.3, 0.4) is 0 Å². The molecule has 0 unspecified atom stereocenters. The van der Waals surface area contributed by atoms with Crippen molar-refractivity contribution in [1.82, 2.24) is 5.32 Å². The lowest BCUT2D eigenvalue weighted by molar-refractivity contribution is -0.123. The number of benzene rings is 1. The first-order valence-corrected chi connectivity index (χ1v) is 16.1. The van der Waals surface area contributed by atoms with Crippen LogP contribution >= 0.6 is 11.8 Å². The normalized spacial score (nSPS) is 12.5. The summed E-state index contributed by atoms with van der Waals surface area (Å²) in [4.78, 5) is 25.1. The number of phenols is 1. The van der Waals surface area contributed by atoms with Gasteiger partial charge in [-0.15, -0.1) is 11.8 Å². The van der Waals surface area contributed by atoms with Crippen LogP contribution in [0.4, 0.5) is 0 Å². The van der Waals surface area contributed by atoms with Crippen LogP contribution in [0.5, 0.6) is 5.75 Å². The number of carbonyl (C=O) groups excluding carboxylic acids is 2. The summed E-state index contributed by atoms with van der Waals surface area (Å²) in [5.74, 6) is 0.206. The number of ether oxygens (including phenoxy) is 1. The Bertz CT molecular complexity index is 1010. The van der Waals surface area contributed by atoms with Gasteiger partial charge in [0.25, 0.3) is 0 Å². The summed E-state index contributed by atoms with van der Waals surface area (Å²) in [6.45, 7) is 6.54. The van der Waals surface area contributed by atoms with E-state index in [0.29, 0.717) is 0 Å². The minimum absolute atomic E-state index is 0.0102. The number of nitrogens with one attached hydrogen (secondary N) is 1. The SMILES string of the molecule is CC/C=C\C/C=C\C/C=C\C/C=C\C/C=C\CCCCSC(CC)(CC)C(=O)NCCOC(=O)c1ccccc1O. The zero-order chi connectivity index (χ0) is 30.0. The molecule has 0 heterocycles. The predicted molar refractivity (Wildman–Crippen MR) is 175 cm³/mol. The number of carbonyl (C=O) groups is 2. The third-order valence-corrected chi connectivity index (χ3v) is 8.41. The second kappa shape index (κ2) is 23.7. The highest BCUT2D eigenvalue weighted by molar-refractivity contribution is 8.01. The lowest BCUT2D eigenvalue weighted by atomic mass is 10.0. The first-order valence-electron chi connectivity index (χ1n) is 15.1. The van der Waals surface area contributed by atoms with E-state index in [1.165, 1.54) is 12.1 Å². The molecule has 41 heavy (non-hydrogen) atoms. The Morgan fingerprint density at radius 1 is 0.829 bits per heavy atom. The van der Waals surface area contributed by atoms with Crippen LogP contribution in [-0.2, 0) is 9.53 Å². The van der Waals surface area contributed by atoms with E-state index in [4.69, 9.17) is 4.74 Å². The molecule has 0 fully saturated rings. The summed E-state index contributed by atoms with van der Waals surface area (Å²) in [5.41, 5.74) is 0.121. The van der Waals surface area contributed by atoms with Crippen molar-refractivity contribution in [2.24, 2.45) is 0 Å². The number of unbranched alkanes of at least 4 members (excludes halogenated alkanes) is 2. The Morgan fingerprint density at radius 2 is 1.39 bits per heavy atom. The Hall–Kier alpha value is -2.99. The minimum atomic E-state index is -0.600. The van der Waals surface area contributed by atoms with E-state index in [2.05, 4.69) is 73.0 Å². The third-order valence-electron chi connectivity index (χ3n) is 6.60. The second-order valence-corrected chi connectivity index (χ2v) is 11.1. The molecule has 0 aliphatic carbocycles. The van der Waals surface area contributed by atoms with E-state index in [0.717, 1.165) is 70.0 Å². The zero-order valence-corrected chi connectivity index (χ0v) is 26.2. The summed E-state index contributed by atoms with van der Waals surface area (Å²) in [6, 6.07) is 6.25. The van der Waals surface area contributed by atoms with Gasteiger partial charge in [0.05, 0.1) is 11.3 Å². The Morgan fingerprint density at radius 3 is 1.95 bits per heavy atom. The van der Waals surface area contributed by atoms with Crippen LogP contribution in [0.1, 0.15) is 95.3 Å². The molecule has 1 amide bonds. The molecule has 5 nitrogen and oxygen atoms in total. The van der Waals surface area contributed by atoms with Crippen molar-refractivity contribution in [3.05, 3.63) is 90.6 Å². The van der Waals surface area contributed by atoms with E-state index in [1.807, 2.05) is 13.8 Å². The number of rotatable bonds is 22. The van der Waals surface area contributed by atoms with Gasteiger partial charge in [-0.2, -0.15) is 0 Å². The maximum absolute atomic E-state index is 13.0. The number of esters is 1. The fourth-order valence-electron chi connectivity index (χ4n) is 4.03. The molecule has 0 radical (unpaired) electrons. The van der Waals surface area contributed by atoms with Gasteiger partial charge in [-0.1, -0.05) is 93.7 Å². The number of aromatic hydroxyl groups is 1. The molecule has 1 rings (SSSR count). The van der Waals surface area contributed by atoms with Gasteiger partial charge in [-0.05, 0) is 82.1 Å². The van der Waals surface area contributed by atoms with Crippen LogP contribution in [0, 0.1) is 0 Å². The van der Waals surface area contributed by atoms with Crippen LogP contribution in [0.15, 0.2) is 85.0 Å². The van der Waals surface area contributed by atoms with Crippen molar-refractivity contribution in [3.63, 3.8) is 0 Å². The van der Waals surface area contributed by atoms with Gasteiger partial charge in [-0.25, -0.2) is 4.79 Å². The van der Waals surface area contributed by atoms with Gasteiger partial charge in [0.2, 0.25) is 5.91 Å². The number of hydrogen-bond acceptors (Lipinski definition) is 5. The molecule has 1 aromatic carbocycles. The highest BCUT2D eigenvalue weighted by Gasteiger charge is 2.34. The molecule has 0 aromatic heterocycles. The molecule has 0 saturated heterocycles. The number of phenolic OH excluding ortho intramolecular Hbond substituents is 1. The summed E-state index contributed by atoms with van der Waals surface area (Å²) in [7, 11) is 0. The number of amides is 1. The van der Waals surface area contributed by atoms with Crippen molar-refractivity contribution >= 4 is 23.6 Å². The highest BCUT2D eigenvalue weighted by Crippen LogP contribution is 2.33. The van der Waals surface area contributed by atoms with Crippen molar-refractivity contribution in [2.75, 3.05) is 18.9 Å². The third kappa shape index (κ3) is 16.1. The molecule has 226 valence electrons. The Balaban J connectivity index is 2.19. The van der Waals surface area contributed by atoms with Gasteiger partial charge < -0.3 is 15.2 Å². The van der Waals surface area contributed by atoms with E-state index >= 15 is 0 Å². The standard InChI is InChI=1S/C35H51NO4S/c1-4-7-8-9-10-11-12-13-14-15-16-17-18-19-20-21-22-25-30-41-35(5-2,6-3)34(39)36-28-29-40-33(38)31-26-23-24-27-32(31)37/h7-8,10-11,13-14,16-17,19-20,23-24,26-27,37H,4-6,9,12,15,18,21-22,25,28-30H2,1-3H3,(H,36,39)/b8-7-,11-10-,14-13-,17-16-,20-19-. The lowest BCUT2D eigenvalue weighted by Gasteiger charge is -2.29. The van der Waals surface area contributed by atoms with Gasteiger partial charge in [0.1, 0.15) is 17.9 Å². The molecular formula is C35H51NO4S. The summed E-state index contributed by atoms with van der Waals surface area (Å²) in [5, 5.41) is 12.7. The molecular weight excluding hydrogens is 530 g/mol. The first-order chi connectivity index (χ1) is 20.0. The predicted octanol–water partition coefficient (Wildman–Crippen LogP) is 8.88. The molecule has 0 bridgehead atoms. The molecule has 6 heteroatoms. The topological polar surface area (TPSA) is 75.6 Å². The van der Waals surface area contributed by atoms with Crippen LogP contribution in [0.2, 0.25) is 0 Å². The van der Waals surface area contributed by atoms with Gasteiger partial charge in [0.15, 0.2) is 0 Å². The van der Waals surface area contributed by atoms with Gasteiger partial charge in [0, 0.05) is 0 Å². The number of hydrogen-bond donors (Lipinski definition) is 2. The molecule has 0 atom stereocenters. The van der Waals surface area contributed by atoms with Crippen LogP contribution in [-0.4, -0.2) is 40.6 Å². The number of thioether (sulfide) groups is 1. The van der Waals surface area contributed by atoms with Crippen LogP contribution in [0.25, 0.3) is 0 Å². The molecule has 0 aliphatic heterocycles. The molecule has 0 spiro atoms. The average Bonchev–Trinajstić information content (AvgIpc) is 2.98. The minimum Gasteiger partial charge on any atom is -0.507 e. The smallest absolute Gasteiger partial charge is 0.341 e. The van der Waals surface area contributed by atoms with Gasteiger partial charge in [-0.3, -0.25) is 4.79 Å². The number of allylic oxidation sites excluding steroid dienone is 10. The van der Waals surface area contributed by atoms with Crippen molar-refractivity contribution in [3.8, 4) is 5.75 Å². The molecule has 2 N–H and O–H groups in total. The molecule has 0 aliphatic rings. The zero-order valence-electron chi connectivity index (χ0n) is 25.4. The molecule has 0 saturated carbocycles. The second-order valence-electron chi connectivity index (χ2n) is 9.66. The summed E-state index contributed by atoms with van der Waals surface area (Å²) in [6.07, 6.45) is 31.9. The van der Waals surface area contributed by atoms with E-state index < -0.39 is 10.7 Å². The summed E-state index contributed by atoms with van der Waals surface area (Å²) >= 11 is 1.73. The number of para-hydroxylation sites is 1. The van der Waals surface area contributed by atoms with Crippen LogP contribution < -0.4 is 5.32 Å². The fraction of sp³-hybridized carbons (Fsp3) is 0.486. The van der Waals surface area contributed by atoms with Gasteiger partial charge >= 0.3 is 5.97 Å². The van der Waals surface area contributed by atoms with E-state index in [1.54, 1.807) is 23.9 Å². The molecule has 1 aromatic rings. The van der Waals surface area contributed by atoms with Crippen molar-refractivity contribution < 1.29 is 19.4 Å². The maximum Gasteiger partial charge on any atom is 0.341 e. The van der Waals surface area contributed by atoms with E-state index in [-0.39, 0.29) is 30.4 Å². The highest BCUT2D eigenvalue weighted by atomic mass is 32.2. The average molecular weight is 582 g/mol. The summed E-state index contributed by atoms with van der Waals surface area (Å²) < 4.78 is 4.73. The first kappa shape index (κ1) is 36.0. The Labute approximate surface area is 252 Å². The van der Waals surface area contributed by atoms with Crippen molar-refractivity contribution in [2.45, 2.75) is 89.7 Å². The maximum atomic E-state index is 13.0. The Kier molecular flexibility index (Phi) is 20.8. The largest absolute Gasteiger partial charge is 0.507 e. The lowest BCUT2D eigenvalue weighted by Crippen LogP contribution is -2.45.